The summed E-state index contributed by atoms with van der Waals surface area (Å²) in [5.74, 6) is 0.806. The zero-order valence-electron chi connectivity index (χ0n) is 15.6. The Morgan fingerprint density at radius 2 is 2.22 bits per heavy atom. The first-order valence-electron chi connectivity index (χ1n) is 9.29. The highest BCUT2D eigenvalue weighted by molar-refractivity contribution is 5.88. The summed E-state index contributed by atoms with van der Waals surface area (Å²) in [5, 5.41) is 6.21. The molecule has 0 unspecified atom stereocenters. The number of H-pyrrole nitrogens is 1. The number of hydrogen-bond acceptors (Lipinski definition) is 6. The molecule has 1 aliphatic rings. The number of benzene rings is 1. The van der Waals surface area contributed by atoms with Crippen LogP contribution in [0.15, 0.2) is 24.4 Å². The van der Waals surface area contributed by atoms with Crippen LogP contribution in [-0.4, -0.2) is 42.9 Å². The summed E-state index contributed by atoms with van der Waals surface area (Å²) in [5.41, 5.74) is 9.70. The highest BCUT2D eigenvalue weighted by Gasteiger charge is 2.15. The number of ether oxygens (including phenoxy) is 2. The minimum absolute atomic E-state index is 0.0719. The summed E-state index contributed by atoms with van der Waals surface area (Å²) < 4.78 is 9.92. The molecule has 0 aliphatic carbocycles. The average molecular weight is 373 g/mol. The van der Waals surface area contributed by atoms with E-state index in [9.17, 15) is 4.79 Å². The first-order valence-corrected chi connectivity index (χ1v) is 9.29. The number of carbonyl (C=O) groups excluding carboxylic acids is 1. The third-order valence-corrected chi connectivity index (χ3v) is 4.53. The predicted octanol–water partition coefficient (Wildman–Crippen LogP) is 3.26. The van der Waals surface area contributed by atoms with Crippen LogP contribution in [0.3, 0.4) is 0 Å². The molecule has 3 rings (SSSR count). The SMILES string of the molecule is COCCOC(=O)Nc1ccc2c(c1)NCCCCC[C@H](N)c1ncc-2[nH]1. The Hall–Kier alpha value is -2.58. The lowest BCUT2D eigenvalue weighted by atomic mass is 10.1. The summed E-state index contributed by atoms with van der Waals surface area (Å²) in [6, 6.07) is 5.61. The van der Waals surface area contributed by atoms with Crippen molar-refractivity contribution in [2.24, 2.45) is 5.73 Å². The molecule has 8 heteroatoms. The number of aromatic nitrogens is 2. The van der Waals surface area contributed by atoms with Gasteiger partial charge >= 0.3 is 6.09 Å². The Labute approximate surface area is 158 Å². The molecule has 146 valence electrons. The van der Waals surface area contributed by atoms with Crippen LogP contribution >= 0.6 is 0 Å². The third-order valence-electron chi connectivity index (χ3n) is 4.53. The lowest BCUT2D eigenvalue weighted by Gasteiger charge is -2.15. The zero-order valence-corrected chi connectivity index (χ0v) is 15.6. The van der Waals surface area contributed by atoms with Crippen molar-refractivity contribution in [3.05, 3.63) is 30.2 Å². The van der Waals surface area contributed by atoms with E-state index in [4.69, 9.17) is 15.2 Å². The Morgan fingerprint density at radius 1 is 1.33 bits per heavy atom. The standard InChI is InChI=1S/C19H27N5O3/c1-26-9-10-27-19(25)23-13-6-7-14-16(11-13)21-8-4-2-3-5-15(20)18-22-12-17(14)24-18/h6-7,11-12,15,21H,2-5,8-10,20H2,1H3,(H,22,24)(H,23,25)/t15-/m0/s1. The van der Waals surface area contributed by atoms with Gasteiger partial charge in [0.05, 0.1) is 24.5 Å². The van der Waals surface area contributed by atoms with Gasteiger partial charge in [-0.25, -0.2) is 9.78 Å². The van der Waals surface area contributed by atoms with Crippen LogP contribution in [0.4, 0.5) is 16.2 Å². The maximum absolute atomic E-state index is 11.9. The molecule has 0 saturated carbocycles. The Balaban J connectivity index is 1.80. The number of carbonyl (C=O) groups is 1. The zero-order chi connectivity index (χ0) is 19.1. The lowest BCUT2D eigenvalue weighted by Crippen LogP contribution is -2.16. The van der Waals surface area contributed by atoms with E-state index in [-0.39, 0.29) is 12.6 Å². The van der Waals surface area contributed by atoms with Crippen LogP contribution in [0.1, 0.15) is 37.5 Å². The second kappa shape index (κ2) is 9.38. The second-order valence-electron chi connectivity index (χ2n) is 6.58. The van der Waals surface area contributed by atoms with E-state index in [1.54, 1.807) is 13.3 Å². The summed E-state index contributed by atoms with van der Waals surface area (Å²) in [4.78, 5) is 19.6. The van der Waals surface area contributed by atoms with Crippen molar-refractivity contribution in [1.29, 1.82) is 0 Å². The average Bonchev–Trinajstić information content (AvgIpc) is 3.14. The number of rotatable bonds is 4. The van der Waals surface area contributed by atoms with Gasteiger partial charge in [-0.1, -0.05) is 12.8 Å². The van der Waals surface area contributed by atoms with Crippen LogP contribution in [-0.2, 0) is 9.47 Å². The van der Waals surface area contributed by atoms with Crippen molar-refractivity contribution in [2.75, 3.05) is 37.5 Å². The van der Waals surface area contributed by atoms with Crippen molar-refractivity contribution in [2.45, 2.75) is 31.7 Å². The molecule has 27 heavy (non-hydrogen) atoms. The quantitative estimate of drug-likeness (QED) is 0.612. The van der Waals surface area contributed by atoms with Gasteiger partial charge in [0, 0.05) is 30.6 Å². The molecule has 1 aliphatic heterocycles. The maximum Gasteiger partial charge on any atom is 0.411 e. The normalized spacial score (nSPS) is 17.0. The first kappa shape index (κ1) is 19.2. The number of nitrogens with two attached hydrogens (primary N) is 1. The lowest BCUT2D eigenvalue weighted by molar-refractivity contribution is 0.107. The molecule has 0 radical (unpaired) electrons. The minimum atomic E-state index is -0.505. The fourth-order valence-corrected chi connectivity index (χ4v) is 3.06. The van der Waals surface area contributed by atoms with Crippen molar-refractivity contribution >= 4 is 17.5 Å². The third kappa shape index (κ3) is 5.21. The van der Waals surface area contributed by atoms with E-state index in [2.05, 4.69) is 20.6 Å². The molecule has 2 bridgehead atoms. The summed E-state index contributed by atoms with van der Waals surface area (Å²) in [6.45, 7) is 1.43. The molecule has 8 nitrogen and oxygen atoms in total. The Bertz CT molecular complexity index is 762. The van der Waals surface area contributed by atoms with Crippen molar-refractivity contribution in [3.8, 4) is 11.3 Å². The fraction of sp³-hybridized carbons (Fsp3) is 0.474. The van der Waals surface area contributed by atoms with Crippen molar-refractivity contribution in [1.82, 2.24) is 9.97 Å². The van der Waals surface area contributed by atoms with Crippen LogP contribution in [0, 0.1) is 0 Å². The highest BCUT2D eigenvalue weighted by atomic mass is 16.6. The number of imidazole rings is 1. The Morgan fingerprint density at radius 3 is 3.07 bits per heavy atom. The van der Waals surface area contributed by atoms with Crippen LogP contribution in [0.25, 0.3) is 11.3 Å². The van der Waals surface area contributed by atoms with Gasteiger partial charge in [-0.3, -0.25) is 5.32 Å². The van der Waals surface area contributed by atoms with E-state index in [0.29, 0.717) is 12.3 Å². The van der Waals surface area contributed by atoms with Crippen LogP contribution < -0.4 is 16.4 Å². The van der Waals surface area contributed by atoms with E-state index in [1.165, 1.54) is 0 Å². The molecule has 0 fully saturated rings. The van der Waals surface area contributed by atoms with Crippen molar-refractivity contribution in [3.63, 3.8) is 0 Å². The summed E-state index contributed by atoms with van der Waals surface area (Å²) in [6.07, 6.45) is 5.46. The number of nitrogens with zero attached hydrogens (tertiary/aromatic N) is 1. The topological polar surface area (TPSA) is 114 Å². The molecule has 2 aromatic rings. The van der Waals surface area contributed by atoms with Gasteiger partial charge in [0.2, 0.25) is 0 Å². The van der Waals surface area contributed by atoms with Gasteiger partial charge in [-0.15, -0.1) is 0 Å². The Kier molecular flexibility index (Phi) is 6.67. The maximum atomic E-state index is 11.9. The number of hydrogen-bond donors (Lipinski definition) is 4. The molecule has 0 spiro atoms. The number of aromatic amines is 1. The molecule has 1 amide bonds. The van der Waals surface area contributed by atoms with E-state index in [0.717, 1.165) is 55.0 Å². The number of fused-ring (bicyclic) bond motifs is 4. The van der Waals surface area contributed by atoms with Gasteiger partial charge in [0.1, 0.15) is 12.4 Å². The summed E-state index contributed by atoms with van der Waals surface area (Å²) >= 11 is 0. The highest BCUT2D eigenvalue weighted by Crippen LogP contribution is 2.31. The van der Waals surface area contributed by atoms with E-state index in [1.807, 2.05) is 18.2 Å². The molecule has 0 saturated heterocycles. The van der Waals surface area contributed by atoms with Gasteiger partial charge in [0.25, 0.3) is 0 Å². The molecule has 5 N–H and O–H groups in total. The van der Waals surface area contributed by atoms with E-state index < -0.39 is 6.09 Å². The fourth-order valence-electron chi connectivity index (χ4n) is 3.06. The van der Waals surface area contributed by atoms with Crippen LogP contribution in [0.5, 0.6) is 0 Å². The molecule has 2 heterocycles. The van der Waals surface area contributed by atoms with Gasteiger partial charge in [-0.2, -0.15) is 0 Å². The number of methoxy groups -OCH3 is 1. The molecular weight excluding hydrogens is 346 g/mol. The minimum Gasteiger partial charge on any atom is -0.447 e. The largest absolute Gasteiger partial charge is 0.447 e. The molecule has 1 aromatic heterocycles. The second-order valence-corrected chi connectivity index (χ2v) is 6.58. The van der Waals surface area contributed by atoms with Gasteiger partial charge < -0.3 is 25.5 Å². The molecular formula is C19H27N5O3. The monoisotopic (exact) mass is 373 g/mol. The first-order chi connectivity index (χ1) is 13.2. The van der Waals surface area contributed by atoms with Gasteiger partial charge in [-0.05, 0) is 31.0 Å². The number of amides is 1. The molecule has 1 aromatic carbocycles. The van der Waals surface area contributed by atoms with Gasteiger partial charge in [0.15, 0.2) is 0 Å². The predicted molar refractivity (Wildman–Crippen MR) is 105 cm³/mol. The number of anilines is 2. The van der Waals surface area contributed by atoms with Crippen molar-refractivity contribution < 1.29 is 14.3 Å². The summed E-state index contributed by atoms with van der Waals surface area (Å²) in [7, 11) is 1.56. The smallest absolute Gasteiger partial charge is 0.411 e. The molecule has 1 atom stereocenters. The number of nitrogens with one attached hydrogen (secondary N) is 3. The van der Waals surface area contributed by atoms with E-state index >= 15 is 0 Å². The van der Waals surface area contributed by atoms with Crippen LogP contribution in [0.2, 0.25) is 0 Å².